The molecule has 2 nitrogen and oxygen atoms in total. The predicted molar refractivity (Wildman–Crippen MR) is 92.2 cm³/mol. The molecule has 0 spiro atoms. The summed E-state index contributed by atoms with van der Waals surface area (Å²) in [6.45, 7) is 2.26. The lowest BCUT2D eigenvalue weighted by atomic mass is 9.77. The molecule has 0 amide bonds. The zero-order chi connectivity index (χ0) is 15.4. The number of rotatable bonds is 6. The van der Waals surface area contributed by atoms with Gasteiger partial charge in [0.15, 0.2) is 5.78 Å². The van der Waals surface area contributed by atoms with Crippen LogP contribution in [0.1, 0.15) is 68.6 Å². The number of hydrogen-bond acceptors (Lipinski definition) is 1. The lowest BCUT2D eigenvalue weighted by Crippen LogP contribution is -2.22. The number of H-pyrrole nitrogens is 1. The van der Waals surface area contributed by atoms with Crippen molar-refractivity contribution in [2.75, 3.05) is 0 Å². The molecule has 1 aliphatic rings. The van der Waals surface area contributed by atoms with Crippen LogP contribution < -0.4 is 0 Å². The fraction of sp³-hybridized carbons (Fsp3) is 0.550. The lowest BCUT2D eigenvalue weighted by Gasteiger charge is -2.27. The summed E-state index contributed by atoms with van der Waals surface area (Å²) in [4.78, 5) is 16.1. The SMILES string of the molecule is CCCCC[C@H]1CC[C@H](C(=O)c2c[nH]c3ccccc23)CC1. The number of nitrogens with one attached hydrogen (secondary N) is 1. The van der Waals surface area contributed by atoms with Crippen LogP contribution >= 0.6 is 0 Å². The molecular weight excluding hydrogens is 270 g/mol. The van der Waals surface area contributed by atoms with E-state index in [0.29, 0.717) is 5.78 Å². The van der Waals surface area contributed by atoms with E-state index < -0.39 is 0 Å². The van der Waals surface area contributed by atoms with E-state index in [1.54, 1.807) is 0 Å². The molecule has 2 aromatic rings. The van der Waals surface area contributed by atoms with Crippen LogP contribution in [0.2, 0.25) is 0 Å². The first-order valence-corrected chi connectivity index (χ1v) is 8.90. The molecule has 0 radical (unpaired) electrons. The molecule has 1 N–H and O–H groups in total. The van der Waals surface area contributed by atoms with Gasteiger partial charge in [-0.1, -0.05) is 50.8 Å². The molecule has 0 aliphatic heterocycles. The maximum Gasteiger partial charge on any atom is 0.168 e. The van der Waals surface area contributed by atoms with Crippen molar-refractivity contribution < 1.29 is 4.79 Å². The number of fused-ring (bicyclic) bond motifs is 1. The van der Waals surface area contributed by atoms with Crippen LogP contribution in [0.15, 0.2) is 30.5 Å². The Hall–Kier alpha value is -1.57. The first-order chi connectivity index (χ1) is 10.8. The van der Waals surface area contributed by atoms with Crippen molar-refractivity contribution in [3.05, 3.63) is 36.0 Å². The molecular formula is C20H27NO. The van der Waals surface area contributed by atoms with E-state index in [9.17, 15) is 4.79 Å². The minimum absolute atomic E-state index is 0.238. The minimum Gasteiger partial charge on any atom is -0.360 e. The van der Waals surface area contributed by atoms with Crippen molar-refractivity contribution in [2.45, 2.75) is 58.3 Å². The molecule has 2 heteroatoms. The molecule has 22 heavy (non-hydrogen) atoms. The predicted octanol–water partition coefficient (Wildman–Crippen LogP) is 5.74. The van der Waals surface area contributed by atoms with Gasteiger partial charge in [0, 0.05) is 28.6 Å². The maximum absolute atomic E-state index is 12.8. The molecule has 0 bridgehead atoms. The first-order valence-electron chi connectivity index (χ1n) is 8.90. The third kappa shape index (κ3) is 3.26. The van der Waals surface area contributed by atoms with Crippen molar-refractivity contribution in [3.8, 4) is 0 Å². The van der Waals surface area contributed by atoms with Crippen molar-refractivity contribution in [1.29, 1.82) is 0 Å². The Morgan fingerprint density at radius 1 is 1.14 bits per heavy atom. The summed E-state index contributed by atoms with van der Waals surface area (Å²) in [5, 5.41) is 1.08. The molecule has 0 saturated heterocycles. The molecule has 1 aromatic heterocycles. The average Bonchev–Trinajstić information content (AvgIpc) is 2.99. The summed E-state index contributed by atoms with van der Waals surface area (Å²) in [5.74, 6) is 1.45. The van der Waals surface area contributed by atoms with Crippen LogP contribution in [0, 0.1) is 11.8 Å². The molecule has 1 aliphatic carbocycles. The van der Waals surface area contributed by atoms with Gasteiger partial charge in [0.25, 0.3) is 0 Å². The van der Waals surface area contributed by atoms with E-state index in [1.165, 1.54) is 38.5 Å². The Bertz CT molecular complexity index is 619. The standard InChI is InChI=1S/C20H27NO/c1-2-3-4-7-15-10-12-16(13-11-15)20(22)18-14-21-19-9-6-5-8-17(18)19/h5-6,8-9,14-16,21H,2-4,7,10-13H2,1H3/t15-,16-. The number of aromatic amines is 1. The number of hydrogen-bond donors (Lipinski definition) is 1. The smallest absolute Gasteiger partial charge is 0.168 e. The molecule has 1 saturated carbocycles. The van der Waals surface area contributed by atoms with Crippen LogP contribution in [0.25, 0.3) is 10.9 Å². The van der Waals surface area contributed by atoms with E-state index in [2.05, 4.69) is 18.0 Å². The summed E-state index contributed by atoms with van der Waals surface area (Å²) in [6.07, 6.45) is 11.9. The number of benzene rings is 1. The highest BCUT2D eigenvalue weighted by atomic mass is 16.1. The van der Waals surface area contributed by atoms with E-state index in [1.807, 2.05) is 24.4 Å². The fourth-order valence-electron chi connectivity index (χ4n) is 3.89. The van der Waals surface area contributed by atoms with Gasteiger partial charge in [-0.05, 0) is 37.7 Å². The van der Waals surface area contributed by atoms with Crippen LogP contribution in [0.4, 0.5) is 0 Å². The van der Waals surface area contributed by atoms with Gasteiger partial charge in [-0.25, -0.2) is 0 Å². The third-order valence-electron chi connectivity index (χ3n) is 5.29. The number of Topliss-reactive ketones (excluding diaryl/α,β-unsaturated/α-hetero) is 1. The summed E-state index contributed by atoms with van der Waals surface area (Å²) in [5.41, 5.74) is 1.96. The second kappa shape index (κ2) is 7.13. The Kier molecular flexibility index (Phi) is 4.97. The Morgan fingerprint density at radius 3 is 2.68 bits per heavy atom. The van der Waals surface area contributed by atoms with Gasteiger partial charge >= 0.3 is 0 Å². The van der Waals surface area contributed by atoms with Gasteiger partial charge in [-0.15, -0.1) is 0 Å². The normalized spacial score (nSPS) is 22.0. The van der Waals surface area contributed by atoms with Gasteiger partial charge < -0.3 is 4.98 Å². The van der Waals surface area contributed by atoms with Crippen molar-refractivity contribution >= 4 is 16.7 Å². The van der Waals surface area contributed by atoms with Crippen molar-refractivity contribution in [3.63, 3.8) is 0 Å². The molecule has 3 rings (SSSR count). The number of para-hydroxylation sites is 1. The summed E-state index contributed by atoms with van der Waals surface area (Å²) >= 11 is 0. The highest BCUT2D eigenvalue weighted by molar-refractivity contribution is 6.08. The average molecular weight is 297 g/mol. The highest BCUT2D eigenvalue weighted by Crippen LogP contribution is 2.34. The van der Waals surface area contributed by atoms with Gasteiger partial charge in [0.05, 0.1) is 0 Å². The zero-order valence-electron chi connectivity index (χ0n) is 13.6. The third-order valence-corrected chi connectivity index (χ3v) is 5.29. The quantitative estimate of drug-likeness (QED) is 0.535. The van der Waals surface area contributed by atoms with E-state index >= 15 is 0 Å². The zero-order valence-corrected chi connectivity index (χ0v) is 13.6. The molecule has 1 aromatic carbocycles. The maximum atomic E-state index is 12.8. The van der Waals surface area contributed by atoms with E-state index in [0.717, 1.165) is 35.2 Å². The Balaban J connectivity index is 1.60. The van der Waals surface area contributed by atoms with E-state index in [4.69, 9.17) is 0 Å². The van der Waals surface area contributed by atoms with Gasteiger partial charge in [0.2, 0.25) is 0 Å². The minimum atomic E-state index is 0.238. The second-order valence-corrected chi connectivity index (χ2v) is 6.83. The molecule has 0 atom stereocenters. The Morgan fingerprint density at radius 2 is 1.91 bits per heavy atom. The van der Waals surface area contributed by atoms with E-state index in [-0.39, 0.29) is 5.92 Å². The van der Waals surface area contributed by atoms with Gasteiger partial charge in [-0.3, -0.25) is 4.79 Å². The van der Waals surface area contributed by atoms with Crippen molar-refractivity contribution in [1.82, 2.24) is 4.98 Å². The molecule has 118 valence electrons. The number of ketones is 1. The van der Waals surface area contributed by atoms with Gasteiger partial charge in [-0.2, -0.15) is 0 Å². The van der Waals surface area contributed by atoms with Crippen LogP contribution in [-0.4, -0.2) is 10.8 Å². The summed E-state index contributed by atoms with van der Waals surface area (Å²) < 4.78 is 0. The second-order valence-electron chi connectivity index (χ2n) is 6.83. The lowest BCUT2D eigenvalue weighted by molar-refractivity contribution is 0.0871. The number of aromatic nitrogens is 1. The largest absolute Gasteiger partial charge is 0.360 e. The molecule has 1 heterocycles. The van der Waals surface area contributed by atoms with Crippen LogP contribution in [0.3, 0.4) is 0 Å². The summed E-state index contributed by atoms with van der Waals surface area (Å²) in [7, 11) is 0. The van der Waals surface area contributed by atoms with Crippen LogP contribution in [-0.2, 0) is 0 Å². The summed E-state index contributed by atoms with van der Waals surface area (Å²) in [6, 6.07) is 8.11. The van der Waals surface area contributed by atoms with Crippen LogP contribution in [0.5, 0.6) is 0 Å². The Labute approximate surface area is 133 Å². The monoisotopic (exact) mass is 297 g/mol. The van der Waals surface area contributed by atoms with Gasteiger partial charge in [0.1, 0.15) is 0 Å². The highest BCUT2D eigenvalue weighted by Gasteiger charge is 2.27. The number of carbonyl (C=O) groups excluding carboxylic acids is 1. The number of unbranched alkanes of at least 4 members (excludes halogenated alkanes) is 2. The first kappa shape index (κ1) is 15.3. The van der Waals surface area contributed by atoms with Crippen molar-refractivity contribution in [2.24, 2.45) is 11.8 Å². The fourth-order valence-corrected chi connectivity index (χ4v) is 3.89. The molecule has 1 fully saturated rings. The topological polar surface area (TPSA) is 32.9 Å². The molecule has 0 unspecified atom stereocenters. The number of carbonyl (C=O) groups is 1.